The summed E-state index contributed by atoms with van der Waals surface area (Å²) in [7, 11) is 0. The van der Waals surface area contributed by atoms with Crippen molar-refractivity contribution in [2.45, 2.75) is 6.92 Å². The zero-order valence-corrected chi connectivity index (χ0v) is 17.0. The molecule has 1 aromatic heterocycles. The van der Waals surface area contributed by atoms with Crippen molar-refractivity contribution in [2.75, 3.05) is 6.61 Å². The van der Waals surface area contributed by atoms with Gasteiger partial charge in [0.05, 0.1) is 23.6 Å². The predicted molar refractivity (Wildman–Crippen MR) is 119 cm³/mol. The van der Waals surface area contributed by atoms with Crippen LogP contribution < -0.4 is 0 Å². The molecule has 0 atom stereocenters. The van der Waals surface area contributed by atoms with E-state index in [9.17, 15) is 4.79 Å². The van der Waals surface area contributed by atoms with E-state index < -0.39 is 0 Å². The Morgan fingerprint density at radius 3 is 2.10 bits per heavy atom. The van der Waals surface area contributed by atoms with E-state index in [1.807, 2.05) is 60.7 Å². The Balaban J connectivity index is 1.66. The van der Waals surface area contributed by atoms with Gasteiger partial charge in [0.15, 0.2) is 11.6 Å². The second kappa shape index (κ2) is 9.54. The first-order valence-corrected chi connectivity index (χ1v) is 9.92. The first-order chi connectivity index (χ1) is 15.2. The molecule has 4 aromatic rings. The topological polar surface area (TPSA) is 76.8 Å². The number of azo groups is 1. The molecule has 0 aliphatic heterocycles. The summed E-state index contributed by atoms with van der Waals surface area (Å²) in [6, 6.07) is 28.2. The van der Waals surface area contributed by atoms with Crippen LogP contribution in [0.25, 0.3) is 22.6 Å². The highest BCUT2D eigenvalue weighted by atomic mass is 16.5. The maximum atomic E-state index is 11.8. The van der Waals surface area contributed by atoms with Gasteiger partial charge >= 0.3 is 5.97 Å². The van der Waals surface area contributed by atoms with Gasteiger partial charge in [0.25, 0.3) is 0 Å². The fraction of sp³-hybridized carbons (Fsp3) is 0.0800. The van der Waals surface area contributed by atoms with Gasteiger partial charge in [0, 0.05) is 17.2 Å². The molecule has 0 aliphatic rings. The summed E-state index contributed by atoms with van der Waals surface area (Å²) in [6.07, 6.45) is 0. The first-order valence-electron chi connectivity index (χ1n) is 9.92. The van der Waals surface area contributed by atoms with Gasteiger partial charge in [0.1, 0.15) is 0 Å². The summed E-state index contributed by atoms with van der Waals surface area (Å²) >= 11 is 0. The molecule has 0 saturated carbocycles. The zero-order valence-electron chi connectivity index (χ0n) is 17.0. The van der Waals surface area contributed by atoms with E-state index in [0.717, 1.165) is 16.8 Å². The molecule has 0 unspecified atom stereocenters. The molecule has 0 bridgehead atoms. The Kier molecular flexibility index (Phi) is 6.18. The highest BCUT2D eigenvalue weighted by molar-refractivity contribution is 5.89. The molecule has 6 nitrogen and oxygen atoms in total. The fourth-order valence-electron chi connectivity index (χ4n) is 2.95. The van der Waals surface area contributed by atoms with E-state index in [-0.39, 0.29) is 5.97 Å². The Labute approximate surface area is 180 Å². The van der Waals surface area contributed by atoms with Crippen LogP contribution in [-0.2, 0) is 4.74 Å². The summed E-state index contributed by atoms with van der Waals surface area (Å²) < 4.78 is 5.00. The minimum absolute atomic E-state index is 0.335. The van der Waals surface area contributed by atoms with Crippen LogP contribution >= 0.6 is 0 Å². The number of ether oxygens (including phenoxy) is 1. The highest BCUT2D eigenvalue weighted by Gasteiger charge is 2.09. The molecule has 0 saturated heterocycles. The zero-order chi connectivity index (χ0) is 21.5. The maximum Gasteiger partial charge on any atom is 0.338 e. The normalized spacial score (nSPS) is 10.9. The van der Waals surface area contributed by atoms with Gasteiger partial charge in [-0.2, -0.15) is 0 Å². The van der Waals surface area contributed by atoms with Gasteiger partial charge in [-0.05, 0) is 31.2 Å². The van der Waals surface area contributed by atoms with Crippen LogP contribution in [0, 0.1) is 0 Å². The van der Waals surface area contributed by atoms with Crippen LogP contribution in [0.15, 0.2) is 101 Å². The van der Waals surface area contributed by atoms with E-state index in [2.05, 4.69) is 15.2 Å². The van der Waals surface area contributed by atoms with Gasteiger partial charge in [0.2, 0.25) is 0 Å². The number of nitrogens with zero attached hydrogens (tertiary/aromatic N) is 4. The smallest absolute Gasteiger partial charge is 0.338 e. The Morgan fingerprint density at radius 1 is 0.806 bits per heavy atom. The summed E-state index contributed by atoms with van der Waals surface area (Å²) in [5.74, 6) is 0.664. The average Bonchev–Trinajstić information content (AvgIpc) is 2.84. The molecule has 0 spiro atoms. The molecule has 0 N–H and O–H groups in total. The van der Waals surface area contributed by atoms with Crippen molar-refractivity contribution in [2.24, 2.45) is 10.2 Å². The molecular weight excluding hydrogens is 388 g/mol. The van der Waals surface area contributed by atoms with Crippen molar-refractivity contribution < 1.29 is 9.53 Å². The lowest BCUT2D eigenvalue weighted by Gasteiger charge is -2.06. The van der Waals surface area contributed by atoms with Crippen molar-refractivity contribution in [3.05, 3.63) is 96.6 Å². The van der Waals surface area contributed by atoms with Gasteiger partial charge in [-0.3, -0.25) is 0 Å². The van der Waals surface area contributed by atoms with E-state index >= 15 is 0 Å². The first kappa shape index (κ1) is 20.1. The van der Waals surface area contributed by atoms with E-state index in [1.54, 1.807) is 37.3 Å². The molecule has 31 heavy (non-hydrogen) atoms. The van der Waals surface area contributed by atoms with Crippen LogP contribution in [0.4, 0.5) is 11.5 Å². The second-order valence-corrected chi connectivity index (χ2v) is 6.63. The lowest BCUT2D eigenvalue weighted by atomic mass is 10.1. The molecular formula is C25H20N4O2. The predicted octanol–water partition coefficient (Wildman–Crippen LogP) is 6.40. The van der Waals surface area contributed by atoms with Gasteiger partial charge in [-0.25, -0.2) is 14.8 Å². The van der Waals surface area contributed by atoms with Crippen LogP contribution in [0.5, 0.6) is 0 Å². The molecule has 0 fully saturated rings. The Morgan fingerprint density at radius 2 is 1.45 bits per heavy atom. The quantitative estimate of drug-likeness (QED) is 0.273. The third-order valence-corrected chi connectivity index (χ3v) is 4.46. The number of esters is 1. The van der Waals surface area contributed by atoms with Crippen LogP contribution in [-0.4, -0.2) is 22.5 Å². The molecule has 0 aliphatic carbocycles. The van der Waals surface area contributed by atoms with Crippen molar-refractivity contribution in [1.82, 2.24) is 9.97 Å². The number of aromatic nitrogens is 2. The van der Waals surface area contributed by atoms with Crippen LogP contribution in [0.1, 0.15) is 17.3 Å². The van der Waals surface area contributed by atoms with Gasteiger partial charge in [-0.1, -0.05) is 60.7 Å². The minimum atomic E-state index is -0.359. The molecule has 3 aromatic carbocycles. The van der Waals surface area contributed by atoms with Crippen molar-refractivity contribution >= 4 is 17.5 Å². The van der Waals surface area contributed by atoms with Crippen molar-refractivity contribution in [3.63, 3.8) is 0 Å². The summed E-state index contributed by atoms with van der Waals surface area (Å²) in [5.41, 5.74) is 3.71. The number of benzene rings is 3. The summed E-state index contributed by atoms with van der Waals surface area (Å²) in [5, 5.41) is 8.59. The summed E-state index contributed by atoms with van der Waals surface area (Å²) in [6.45, 7) is 2.11. The minimum Gasteiger partial charge on any atom is -0.462 e. The lowest BCUT2D eigenvalue weighted by molar-refractivity contribution is 0.0526. The van der Waals surface area contributed by atoms with E-state index in [0.29, 0.717) is 29.5 Å². The van der Waals surface area contributed by atoms with E-state index in [4.69, 9.17) is 9.72 Å². The third-order valence-electron chi connectivity index (χ3n) is 4.46. The number of carbonyl (C=O) groups excluding carboxylic acids is 1. The number of hydrogen-bond donors (Lipinski definition) is 0. The van der Waals surface area contributed by atoms with Gasteiger partial charge in [-0.15, -0.1) is 10.2 Å². The number of rotatable bonds is 6. The van der Waals surface area contributed by atoms with Crippen molar-refractivity contribution in [3.8, 4) is 22.6 Å². The number of hydrogen-bond acceptors (Lipinski definition) is 6. The molecule has 4 rings (SSSR count). The van der Waals surface area contributed by atoms with Crippen LogP contribution in [0.3, 0.4) is 0 Å². The molecule has 0 radical (unpaired) electrons. The van der Waals surface area contributed by atoms with Gasteiger partial charge < -0.3 is 4.74 Å². The average molecular weight is 408 g/mol. The maximum absolute atomic E-state index is 11.8. The SMILES string of the molecule is CCOC(=O)c1ccc(N=Nc2cc(-c3ccccc3)nc(-c3ccccc3)n2)cc1. The highest BCUT2D eigenvalue weighted by Crippen LogP contribution is 2.26. The molecule has 152 valence electrons. The lowest BCUT2D eigenvalue weighted by Crippen LogP contribution is -2.03. The second-order valence-electron chi connectivity index (χ2n) is 6.63. The third kappa shape index (κ3) is 5.05. The Hall–Kier alpha value is -4.19. The standard InChI is InChI=1S/C25H20N4O2/c1-2-31-25(30)20-13-15-21(16-14-20)28-29-23-17-22(18-9-5-3-6-10-18)26-24(27-23)19-11-7-4-8-12-19/h3-17H,2H2,1H3. The molecule has 6 heteroatoms. The number of carbonyl (C=O) groups is 1. The molecule has 1 heterocycles. The van der Waals surface area contributed by atoms with Crippen molar-refractivity contribution in [1.29, 1.82) is 0 Å². The van der Waals surface area contributed by atoms with E-state index in [1.165, 1.54) is 0 Å². The Bertz CT molecular complexity index is 1130. The fourth-order valence-corrected chi connectivity index (χ4v) is 2.95. The summed E-state index contributed by atoms with van der Waals surface area (Å²) in [4.78, 5) is 21.1. The monoisotopic (exact) mass is 408 g/mol. The largest absolute Gasteiger partial charge is 0.462 e. The molecule has 0 amide bonds. The van der Waals surface area contributed by atoms with Crippen LogP contribution in [0.2, 0.25) is 0 Å².